The Morgan fingerprint density at radius 3 is 2.61 bits per heavy atom. The molecule has 0 bridgehead atoms. The van der Waals surface area contributed by atoms with Crippen LogP contribution in [0.25, 0.3) is 10.8 Å². The number of hydrogen-bond donors (Lipinski definition) is 1. The van der Waals surface area contributed by atoms with E-state index in [1.165, 1.54) is 24.5 Å². The van der Waals surface area contributed by atoms with Crippen molar-refractivity contribution in [3.63, 3.8) is 0 Å². The van der Waals surface area contributed by atoms with E-state index in [-0.39, 0.29) is 18.2 Å². The van der Waals surface area contributed by atoms with Crippen LogP contribution >= 0.6 is 35.0 Å². The van der Waals surface area contributed by atoms with Crippen molar-refractivity contribution in [1.82, 2.24) is 10.3 Å². The van der Waals surface area contributed by atoms with Crippen LogP contribution in [0.2, 0.25) is 10.0 Å². The highest BCUT2D eigenvalue weighted by Crippen LogP contribution is 2.50. The first-order valence-corrected chi connectivity index (χ1v) is 13.4. The number of fused-ring (bicyclic) bond motifs is 1. The second kappa shape index (κ2) is 11.6. The van der Waals surface area contributed by atoms with E-state index in [2.05, 4.69) is 15.5 Å². The number of thioether (sulfide) groups is 1. The minimum atomic E-state index is -4.95. The molecule has 6 nitrogen and oxygen atoms in total. The molecule has 1 aliphatic rings. The van der Waals surface area contributed by atoms with Crippen LogP contribution in [-0.2, 0) is 15.2 Å². The van der Waals surface area contributed by atoms with Crippen LogP contribution in [0.4, 0.5) is 17.6 Å². The van der Waals surface area contributed by atoms with Gasteiger partial charge in [-0.05, 0) is 35.9 Å². The third-order valence-corrected chi connectivity index (χ3v) is 7.10. The van der Waals surface area contributed by atoms with Crippen molar-refractivity contribution in [3.05, 3.63) is 75.3 Å². The third kappa shape index (κ3) is 5.56. The average molecular weight is 590 g/mol. The maximum absolute atomic E-state index is 14.4. The third-order valence-electron chi connectivity index (χ3n) is 5.97. The van der Waals surface area contributed by atoms with E-state index in [0.29, 0.717) is 35.1 Å². The molecule has 0 saturated heterocycles. The molecule has 38 heavy (non-hydrogen) atoms. The molecular weight excluding hydrogens is 569 g/mol. The Labute approximate surface area is 229 Å². The van der Waals surface area contributed by atoms with E-state index >= 15 is 0 Å². The molecule has 0 saturated carbocycles. The molecule has 1 amide bonds. The number of halogens is 6. The van der Waals surface area contributed by atoms with Gasteiger partial charge >= 0.3 is 6.18 Å². The molecule has 2 aromatic carbocycles. The van der Waals surface area contributed by atoms with Gasteiger partial charge in [0.15, 0.2) is 5.82 Å². The van der Waals surface area contributed by atoms with E-state index < -0.39 is 39.6 Å². The number of pyridine rings is 1. The molecule has 3 aromatic rings. The van der Waals surface area contributed by atoms with Gasteiger partial charge in [-0.1, -0.05) is 34.4 Å². The molecule has 1 aliphatic heterocycles. The Balaban J connectivity index is 1.63. The second-order valence-electron chi connectivity index (χ2n) is 8.33. The number of benzene rings is 2. The van der Waals surface area contributed by atoms with Crippen LogP contribution in [0.5, 0.6) is 0 Å². The smallest absolute Gasteiger partial charge is 0.379 e. The van der Waals surface area contributed by atoms with Crippen molar-refractivity contribution in [2.24, 2.45) is 5.16 Å². The molecule has 2 heterocycles. The van der Waals surface area contributed by atoms with Crippen molar-refractivity contribution >= 4 is 57.4 Å². The zero-order chi connectivity index (χ0) is 27.5. The highest BCUT2D eigenvalue weighted by atomic mass is 35.5. The number of oxime groups is 1. The van der Waals surface area contributed by atoms with E-state index in [9.17, 15) is 22.4 Å². The zero-order valence-corrected chi connectivity index (χ0v) is 22.2. The Kier molecular flexibility index (Phi) is 8.71. The van der Waals surface area contributed by atoms with Crippen molar-refractivity contribution in [3.8, 4) is 0 Å². The summed E-state index contributed by atoms with van der Waals surface area (Å²) < 4.78 is 62.6. The van der Waals surface area contributed by atoms with Gasteiger partial charge in [0.05, 0.1) is 29.0 Å². The van der Waals surface area contributed by atoms with Crippen LogP contribution in [-0.4, -0.2) is 54.5 Å². The minimum absolute atomic E-state index is 0.0238. The molecular formula is C25H21Cl2F4N3O3S. The first-order valence-electron chi connectivity index (χ1n) is 11.3. The first kappa shape index (κ1) is 28.4. The summed E-state index contributed by atoms with van der Waals surface area (Å²) >= 11 is 13.2. The Morgan fingerprint density at radius 1 is 1.18 bits per heavy atom. The molecule has 202 valence electrons. The fourth-order valence-electron chi connectivity index (χ4n) is 4.05. The zero-order valence-electron chi connectivity index (χ0n) is 19.9. The van der Waals surface area contributed by atoms with Gasteiger partial charge in [-0.3, -0.25) is 9.78 Å². The van der Waals surface area contributed by atoms with Crippen LogP contribution in [0, 0.1) is 5.82 Å². The van der Waals surface area contributed by atoms with Gasteiger partial charge in [0.2, 0.25) is 0 Å². The molecule has 4 rings (SSSR count). The number of aromatic nitrogens is 1. The number of hydrogen-bond acceptors (Lipinski definition) is 6. The van der Waals surface area contributed by atoms with E-state index in [4.69, 9.17) is 32.8 Å². The lowest BCUT2D eigenvalue weighted by atomic mass is 9.85. The average Bonchev–Trinajstić information content (AvgIpc) is 3.35. The maximum atomic E-state index is 14.4. The molecule has 0 radical (unpaired) electrons. The quantitative estimate of drug-likeness (QED) is 0.178. The highest BCUT2D eigenvalue weighted by molar-refractivity contribution is 7.98. The largest absolute Gasteiger partial charge is 0.435 e. The summed E-state index contributed by atoms with van der Waals surface area (Å²) in [5, 5.41) is 6.27. The highest BCUT2D eigenvalue weighted by Gasteiger charge is 2.62. The fraction of sp³-hybridized carbons (Fsp3) is 0.320. The summed E-state index contributed by atoms with van der Waals surface area (Å²) in [5.74, 6) is -0.573. The first-order chi connectivity index (χ1) is 18.1. The predicted molar refractivity (Wildman–Crippen MR) is 140 cm³/mol. The van der Waals surface area contributed by atoms with Crippen molar-refractivity contribution in [1.29, 1.82) is 0 Å². The topological polar surface area (TPSA) is 72.8 Å². The summed E-state index contributed by atoms with van der Waals surface area (Å²) in [6.07, 6.45) is -0.799. The van der Waals surface area contributed by atoms with Crippen LogP contribution in [0.15, 0.2) is 47.9 Å². The summed E-state index contributed by atoms with van der Waals surface area (Å²) in [6.45, 7) is 1.19. The molecule has 1 N–H and O–H groups in total. The van der Waals surface area contributed by atoms with Gasteiger partial charge in [-0.2, -0.15) is 24.9 Å². The Morgan fingerprint density at radius 2 is 1.92 bits per heavy atom. The lowest BCUT2D eigenvalue weighted by molar-refractivity contribution is -0.275. The Hall–Kier alpha value is -2.60. The van der Waals surface area contributed by atoms with Crippen LogP contribution < -0.4 is 5.32 Å². The van der Waals surface area contributed by atoms with Gasteiger partial charge in [0.1, 0.15) is 0 Å². The lowest BCUT2D eigenvalue weighted by Crippen LogP contribution is -2.42. The fourth-order valence-corrected chi connectivity index (χ4v) is 4.82. The number of nitrogens with one attached hydrogen (secondary N) is 1. The molecule has 13 heteroatoms. The molecule has 0 aliphatic carbocycles. The van der Waals surface area contributed by atoms with Crippen LogP contribution in [0.1, 0.15) is 27.9 Å². The van der Waals surface area contributed by atoms with Gasteiger partial charge in [-0.15, -0.1) is 0 Å². The predicted octanol–water partition coefficient (Wildman–Crippen LogP) is 6.37. The van der Waals surface area contributed by atoms with Crippen molar-refractivity contribution < 1.29 is 31.9 Å². The van der Waals surface area contributed by atoms with E-state index in [1.807, 2.05) is 6.26 Å². The maximum Gasteiger partial charge on any atom is 0.435 e. The van der Waals surface area contributed by atoms with Crippen molar-refractivity contribution in [2.75, 3.05) is 31.8 Å². The van der Waals surface area contributed by atoms with Gasteiger partial charge in [0, 0.05) is 53.2 Å². The minimum Gasteiger partial charge on any atom is -0.379 e. The molecule has 0 fully saturated rings. The number of alkyl halides is 3. The standard InChI is InChI=1S/C25H21Cl2F4N3O3S/c1-38-9-8-36-7-6-33-23(35)17-3-2-16(15-4-5-32-13-18(15)17)21-12-24(37-34-21,25(29,30)31)14-10-19(26)22(28)20(27)11-14/h2-5,10-11,13H,6-9,12H2,1H3,(H,33,35). The van der Waals surface area contributed by atoms with Gasteiger partial charge in [0.25, 0.3) is 11.5 Å². The number of ether oxygens (including phenoxy) is 1. The SMILES string of the molecule is CSCCOCCNC(=O)c1ccc(C2=NOC(c3cc(Cl)c(F)c(Cl)c3)(C(F)(F)F)C2)c2ccncc12. The lowest BCUT2D eigenvalue weighted by Gasteiger charge is -2.29. The summed E-state index contributed by atoms with van der Waals surface area (Å²) in [6, 6.07) is 6.23. The molecule has 1 aromatic heterocycles. The number of carbonyl (C=O) groups excluding carboxylic acids is 1. The summed E-state index contributed by atoms with van der Waals surface area (Å²) in [4.78, 5) is 21.9. The number of carbonyl (C=O) groups is 1. The number of rotatable bonds is 9. The van der Waals surface area contributed by atoms with Crippen molar-refractivity contribution in [2.45, 2.75) is 18.2 Å². The number of amides is 1. The second-order valence-corrected chi connectivity index (χ2v) is 10.1. The molecule has 0 spiro atoms. The van der Waals surface area contributed by atoms with Crippen LogP contribution in [0.3, 0.4) is 0 Å². The number of nitrogens with zero attached hydrogens (tertiary/aromatic N) is 2. The summed E-state index contributed by atoms with van der Waals surface area (Å²) in [7, 11) is 0. The monoisotopic (exact) mass is 589 g/mol. The normalized spacial score (nSPS) is 17.4. The van der Waals surface area contributed by atoms with E-state index in [1.54, 1.807) is 17.8 Å². The van der Waals surface area contributed by atoms with E-state index in [0.717, 1.165) is 17.9 Å². The summed E-state index contributed by atoms with van der Waals surface area (Å²) in [5.41, 5.74) is -2.83. The van der Waals surface area contributed by atoms with Gasteiger partial charge < -0.3 is 14.9 Å². The molecule has 1 unspecified atom stereocenters. The molecule has 1 atom stereocenters. The Bertz CT molecular complexity index is 1370. The van der Waals surface area contributed by atoms with Gasteiger partial charge in [-0.25, -0.2) is 4.39 Å².